The Hall–Kier alpha value is -3.15. The molecule has 1 amide bonds. The number of nitrogens with zero attached hydrogens (tertiary/aromatic N) is 2. The molecule has 0 heterocycles. The Bertz CT molecular complexity index is 1380. The fraction of sp³-hybridized carbons (Fsp3) is 0.536. The molecule has 1 aromatic carbocycles. The molecule has 0 spiro atoms. The van der Waals surface area contributed by atoms with Gasteiger partial charge in [-0.2, -0.15) is 0 Å². The van der Waals surface area contributed by atoms with E-state index < -0.39 is 40.9 Å². The Kier molecular flexibility index (Phi) is 6.28. The second kappa shape index (κ2) is 8.94. The Labute approximate surface area is 228 Å². The van der Waals surface area contributed by atoms with Crippen LogP contribution in [0, 0.1) is 11.8 Å². The zero-order valence-electron chi connectivity index (χ0n) is 23.1. The fourth-order valence-corrected chi connectivity index (χ4v) is 6.90. The maximum absolute atomic E-state index is 14.0. The molecule has 0 unspecified atom stereocenters. The zero-order valence-corrected chi connectivity index (χ0v) is 23.1. The SMILES string of the molecule is B=C1C(C(N)=O)=C(O)[C@@H](N(C)C)[C@@H]2C[C@@H]3Cc4c(c(O)cc(CNC5(C)CC5)c4N(C)C)C(=O)C3=C(O)[C@]12O. The van der Waals surface area contributed by atoms with Gasteiger partial charge in [0.05, 0.1) is 0 Å². The quantitative estimate of drug-likeness (QED) is 0.282. The molecule has 4 atom stereocenters. The van der Waals surface area contributed by atoms with Crippen LogP contribution in [0.1, 0.15) is 47.7 Å². The van der Waals surface area contributed by atoms with Crippen LogP contribution in [0.15, 0.2) is 28.7 Å². The van der Waals surface area contributed by atoms with E-state index in [-0.39, 0.29) is 45.6 Å². The Morgan fingerprint density at radius 1 is 1.21 bits per heavy atom. The fourth-order valence-electron chi connectivity index (χ4n) is 6.90. The molecule has 7 N–H and O–H groups in total. The zero-order chi connectivity index (χ0) is 28.8. The first-order valence-corrected chi connectivity index (χ1v) is 13.2. The van der Waals surface area contributed by atoms with Gasteiger partial charge in [-0.25, -0.2) is 0 Å². The van der Waals surface area contributed by atoms with Crippen LogP contribution >= 0.6 is 0 Å². The number of rotatable bonds is 6. The number of nitrogens with two attached hydrogens (primary N) is 1. The van der Waals surface area contributed by atoms with Crippen LogP contribution in [0.4, 0.5) is 5.69 Å². The molecule has 10 nitrogen and oxygen atoms in total. The maximum atomic E-state index is 14.0. The molecule has 208 valence electrons. The first kappa shape index (κ1) is 27.4. The Morgan fingerprint density at radius 2 is 1.85 bits per heavy atom. The van der Waals surface area contributed by atoms with Gasteiger partial charge < -0.3 is 0 Å². The summed E-state index contributed by atoms with van der Waals surface area (Å²) in [6, 6.07) is 0.733. The third-order valence-corrected chi connectivity index (χ3v) is 9.12. The number of benzene rings is 1. The monoisotopic (exact) mass is 536 g/mol. The topological polar surface area (TPSA) is 160 Å². The van der Waals surface area contributed by atoms with E-state index in [0.29, 0.717) is 18.5 Å². The van der Waals surface area contributed by atoms with Gasteiger partial charge in [-0.1, -0.05) is 0 Å². The summed E-state index contributed by atoms with van der Waals surface area (Å²) >= 11 is 0. The number of phenols is 1. The van der Waals surface area contributed by atoms with Crippen molar-refractivity contribution in [1.29, 1.82) is 0 Å². The van der Waals surface area contributed by atoms with Gasteiger partial charge in [0.15, 0.2) is 0 Å². The molecule has 1 fully saturated rings. The molecular weight excluding hydrogens is 499 g/mol. The average molecular weight is 536 g/mol. The summed E-state index contributed by atoms with van der Waals surface area (Å²) in [5.74, 6) is -4.01. The summed E-state index contributed by atoms with van der Waals surface area (Å²) in [6.07, 6.45) is 2.71. The number of hydrogen-bond acceptors (Lipinski definition) is 9. The van der Waals surface area contributed by atoms with Crippen molar-refractivity contribution in [3.63, 3.8) is 0 Å². The second-order valence-electron chi connectivity index (χ2n) is 12.2. The van der Waals surface area contributed by atoms with Crippen molar-refractivity contribution in [2.45, 2.75) is 56.3 Å². The summed E-state index contributed by atoms with van der Waals surface area (Å²) in [7, 11) is 11.0. The van der Waals surface area contributed by atoms with Crippen molar-refractivity contribution < 1.29 is 30.0 Å². The number of aromatic hydroxyl groups is 1. The molecule has 1 aromatic rings. The van der Waals surface area contributed by atoms with Crippen molar-refractivity contribution >= 4 is 30.3 Å². The van der Waals surface area contributed by atoms with Gasteiger partial charge in [-0.05, 0) is 19.8 Å². The summed E-state index contributed by atoms with van der Waals surface area (Å²) in [5.41, 5.74) is 5.28. The van der Waals surface area contributed by atoms with Crippen molar-refractivity contribution in [3.05, 3.63) is 45.4 Å². The molecule has 0 saturated heterocycles. The molecule has 11 heteroatoms. The number of carbonyl (C=O) groups excluding carboxylic acids is 2. The predicted octanol–water partition coefficient (Wildman–Crippen LogP) is 0.333. The number of aliphatic hydroxyl groups is 3. The Balaban J connectivity index is 1.67. The number of carbonyl (C=O) groups is 2. The van der Waals surface area contributed by atoms with Crippen LogP contribution in [0.25, 0.3) is 0 Å². The van der Waals surface area contributed by atoms with Crippen molar-refractivity contribution in [3.8, 4) is 5.75 Å². The number of hydrogen-bond donors (Lipinski definition) is 6. The number of fused-ring (bicyclic) bond motifs is 3. The molecule has 4 aliphatic rings. The number of primary amides is 1. The van der Waals surface area contributed by atoms with Crippen LogP contribution in [0.2, 0.25) is 0 Å². The van der Waals surface area contributed by atoms with Gasteiger partial charge in [-0.15, -0.1) is 0 Å². The normalized spacial score (nSPS) is 29.2. The number of allylic oxidation sites excluding steroid dienone is 1. The van der Waals surface area contributed by atoms with Gasteiger partial charge in [0.25, 0.3) is 0 Å². The van der Waals surface area contributed by atoms with E-state index in [0.717, 1.165) is 24.1 Å². The first-order valence-electron chi connectivity index (χ1n) is 13.2. The number of amides is 1. The van der Waals surface area contributed by atoms with E-state index >= 15 is 0 Å². The number of phenolic OH excluding ortho intramolecular Hbond substituents is 1. The number of likely N-dealkylation sites (N-methyl/N-ethyl adjacent to an activating group) is 1. The molecule has 4 aliphatic carbocycles. The first-order chi connectivity index (χ1) is 18.1. The number of aliphatic hydroxyl groups excluding tert-OH is 2. The summed E-state index contributed by atoms with van der Waals surface area (Å²) in [6.45, 7) is 2.68. The second-order valence-corrected chi connectivity index (χ2v) is 12.2. The van der Waals surface area contributed by atoms with Crippen molar-refractivity contribution in [2.75, 3.05) is 33.1 Å². The van der Waals surface area contributed by atoms with Crippen LogP contribution in [-0.4, -0.2) is 95.3 Å². The average Bonchev–Trinajstić information content (AvgIpc) is 3.56. The minimum absolute atomic E-state index is 0.0125. The van der Waals surface area contributed by atoms with Crippen LogP contribution in [-0.2, 0) is 17.8 Å². The molecule has 0 radical (unpaired) electrons. The third kappa shape index (κ3) is 3.93. The molecule has 39 heavy (non-hydrogen) atoms. The van der Waals surface area contributed by atoms with Gasteiger partial charge in [0, 0.05) is 0 Å². The van der Waals surface area contributed by atoms with Gasteiger partial charge in [0.2, 0.25) is 0 Å². The van der Waals surface area contributed by atoms with Crippen molar-refractivity contribution in [2.24, 2.45) is 17.6 Å². The Morgan fingerprint density at radius 3 is 2.38 bits per heavy atom. The molecule has 1 saturated carbocycles. The van der Waals surface area contributed by atoms with Crippen molar-refractivity contribution in [1.82, 2.24) is 10.2 Å². The van der Waals surface area contributed by atoms with Crippen LogP contribution in [0.5, 0.6) is 5.75 Å². The summed E-state index contributed by atoms with van der Waals surface area (Å²) in [5, 5.41) is 49.3. The summed E-state index contributed by atoms with van der Waals surface area (Å²) in [4.78, 5) is 29.9. The predicted molar refractivity (Wildman–Crippen MR) is 150 cm³/mol. The molecular formula is C28H37BN4O6. The standard InChI is InChI=1S/C28H37BN4O6/c1-27(6-7-27)31-11-13-10-16(34)18-14(20(13)32(2)3)8-12-9-15-21(33(4)5)23(36)19(26(30)38)24(29)28(15,39)25(37)17(12)22(18)35/h10,12,15,21,29,31,34,36-37,39H,6-9,11H2,1-5H3,(H2,30,38)/t12-,15-,21-,28+/m0/s1. The van der Waals surface area contributed by atoms with E-state index in [4.69, 9.17) is 5.73 Å². The van der Waals surface area contributed by atoms with Gasteiger partial charge in [0.1, 0.15) is 0 Å². The molecule has 0 aromatic heterocycles. The molecule has 0 aliphatic heterocycles. The number of nitrogens with one attached hydrogen (secondary N) is 1. The third-order valence-electron chi connectivity index (χ3n) is 9.12. The van der Waals surface area contributed by atoms with Crippen LogP contribution < -0.4 is 16.0 Å². The van der Waals surface area contributed by atoms with E-state index in [1.54, 1.807) is 25.1 Å². The van der Waals surface area contributed by atoms with E-state index in [2.05, 4.69) is 19.7 Å². The van der Waals surface area contributed by atoms with Gasteiger partial charge in [-0.3, -0.25) is 0 Å². The number of anilines is 1. The van der Waals surface area contributed by atoms with E-state index in [1.807, 2.05) is 19.0 Å². The van der Waals surface area contributed by atoms with E-state index in [9.17, 15) is 30.0 Å². The minimum atomic E-state index is -2.20. The van der Waals surface area contributed by atoms with E-state index in [1.165, 1.54) is 0 Å². The molecule has 0 bridgehead atoms. The molecule has 5 rings (SSSR count). The summed E-state index contributed by atoms with van der Waals surface area (Å²) < 4.78 is 0. The van der Waals surface area contributed by atoms with Gasteiger partial charge >= 0.3 is 209 Å². The number of ketones is 1. The number of Topliss-reactive ketones (excluding diaryl/α,β-unsaturated/α-hetero) is 1. The van der Waals surface area contributed by atoms with Crippen LogP contribution in [0.3, 0.4) is 0 Å².